The van der Waals surface area contributed by atoms with E-state index in [0.717, 1.165) is 38.3 Å². The molecule has 1 saturated heterocycles. The van der Waals surface area contributed by atoms with E-state index in [2.05, 4.69) is 56.2 Å². The Morgan fingerprint density at radius 1 is 0.878 bits per heavy atom. The molecule has 10 nitrogen and oxygen atoms in total. The smallest absolute Gasteiger partial charge is 0.314 e. The molecule has 0 spiro atoms. The van der Waals surface area contributed by atoms with E-state index >= 15 is 0 Å². The van der Waals surface area contributed by atoms with Crippen molar-refractivity contribution in [1.29, 1.82) is 0 Å². The number of nitrogens with one attached hydrogen (secondary N) is 4. The molecule has 0 aliphatic carbocycles. The summed E-state index contributed by atoms with van der Waals surface area (Å²) in [5, 5.41) is 11.5. The van der Waals surface area contributed by atoms with Gasteiger partial charge in [-0.05, 0) is 68.7 Å². The monoisotopic (exact) mass is 560 g/mol. The number of anilines is 3. The van der Waals surface area contributed by atoms with Crippen LogP contribution in [0.5, 0.6) is 0 Å². The van der Waals surface area contributed by atoms with Crippen LogP contribution in [-0.2, 0) is 0 Å². The van der Waals surface area contributed by atoms with E-state index in [-0.39, 0.29) is 29.6 Å². The van der Waals surface area contributed by atoms with E-state index in [1.165, 1.54) is 17.5 Å². The second kappa shape index (κ2) is 14.2. The zero-order valence-electron chi connectivity index (χ0n) is 24.0. The van der Waals surface area contributed by atoms with Crippen molar-refractivity contribution >= 4 is 34.9 Å². The lowest BCUT2D eigenvalue weighted by Crippen LogP contribution is -2.47. The Labute approximate surface area is 241 Å². The number of carbonyl (C=O) groups excluding carboxylic acids is 3. The highest BCUT2D eigenvalue weighted by Crippen LogP contribution is 2.30. The molecule has 41 heavy (non-hydrogen) atoms. The number of amides is 4. The average molecular weight is 561 g/mol. The lowest BCUT2D eigenvalue weighted by molar-refractivity contribution is 0.0951. The molecule has 1 aromatic heterocycles. The first kappa shape index (κ1) is 29.5. The number of nitrogens with zero attached hydrogens (tertiary/aromatic N) is 2. The van der Waals surface area contributed by atoms with Gasteiger partial charge in [-0.15, -0.1) is 0 Å². The van der Waals surface area contributed by atoms with Crippen molar-refractivity contribution in [1.82, 2.24) is 16.0 Å². The Bertz CT molecular complexity index is 1320. The first-order valence-corrected chi connectivity index (χ1v) is 14.2. The van der Waals surface area contributed by atoms with E-state index in [0.29, 0.717) is 30.8 Å². The fraction of sp³-hybridized carbons (Fsp3) is 0.387. The van der Waals surface area contributed by atoms with Gasteiger partial charge in [0.2, 0.25) is 0 Å². The maximum atomic E-state index is 12.9. The lowest BCUT2D eigenvalue weighted by atomic mass is 10.1. The maximum absolute atomic E-state index is 12.9. The summed E-state index contributed by atoms with van der Waals surface area (Å²) < 4.78 is 5.28. The van der Waals surface area contributed by atoms with Gasteiger partial charge >= 0.3 is 6.03 Å². The van der Waals surface area contributed by atoms with Gasteiger partial charge in [-0.25, -0.2) is 4.79 Å². The highest BCUT2D eigenvalue weighted by molar-refractivity contribution is 6.05. The Hall–Kier alpha value is -4.47. The molecule has 1 unspecified atom stereocenters. The van der Waals surface area contributed by atoms with Crippen molar-refractivity contribution in [2.75, 3.05) is 54.4 Å². The van der Waals surface area contributed by atoms with Crippen LogP contribution in [0.25, 0.3) is 0 Å². The van der Waals surface area contributed by atoms with Gasteiger partial charge in [0.25, 0.3) is 11.8 Å². The molecular formula is C31H40N6O4. The van der Waals surface area contributed by atoms with Crippen LogP contribution in [0.3, 0.4) is 0 Å². The number of hydrogen-bond acceptors (Lipinski definition) is 6. The summed E-state index contributed by atoms with van der Waals surface area (Å²) >= 11 is 0. The van der Waals surface area contributed by atoms with Crippen LogP contribution in [0.2, 0.25) is 0 Å². The third-order valence-corrected chi connectivity index (χ3v) is 7.24. The normalized spacial score (nSPS) is 13.8. The quantitative estimate of drug-likeness (QED) is 0.259. The zero-order valence-corrected chi connectivity index (χ0v) is 24.0. The molecule has 0 saturated carbocycles. The molecule has 0 bridgehead atoms. The molecule has 2 heterocycles. The number of aryl methyl sites for hydroxylation is 1. The minimum Gasteiger partial charge on any atom is -0.459 e. The predicted octanol–water partition coefficient (Wildman–Crippen LogP) is 4.38. The Morgan fingerprint density at radius 3 is 2.27 bits per heavy atom. The average Bonchev–Trinajstić information content (AvgIpc) is 3.53. The second-order valence-corrected chi connectivity index (χ2v) is 10.2. The van der Waals surface area contributed by atoms with Crippen molar-refractivity contribution in [3.05, 3.63) is 77.7 Å². The summed E-state index contributed by atoms with van der Waals surface area (Å²) in [7, 11) is 0. The minimum absolute atomic E-state index is 0.108. The van der Waals surface area contributed by atoms with Gasteiger partial charge in [0, 0.05) is 56.6 Å². The fourth-order valence-electron chi connectivity index (χ4n) is 4.72. The van der Waals surface area contributed by atoms with Crippen LogP contribution in [0, 0.1) is 6.92 Å². The molecule has 4 rings (SSSR count). The van der Waals surface area contributed by atoms with Crippen molar-refractivity contribution < 1.29 is 18.8 Å². The number of para-hydroxylation sites is 1. The fourth-order valence-corrected chi connectivity index (χ4v) is 4.72. The van der Waals surface area contributed by atoms with Crippen molar-refractivity contribution in [3.8, 4) is 0 Å². The number of carbonyl (C=O) groups is 3. The predicted molar refractivity (Wildman–Crippen MR) is 162 cm³/mol. The van der Waals surface area contributed by atoms with Gasteiger partial charge in [-0.3, -0.25) is 9.59 Å². The number of furan rings is 1. The Kier molecular flexibility index (Phi) is 10.3. The molecule has 1 aliphatic rings. The van der Waals surface area contributed by atoms with Crippen LogP contribution >= 0.6 is 0 Å². The molecule has 4 amide bonds. The second-order valence-electron chi connectivity index (χ2n) is 10.2. The van der Waals surface area contributed by atoms with Gasteiger partial charge in [0.1, 0.15) is 0 Å². The largest absolute Gasteiger partial charge is 0.459 e. The van der Waals surface area contributed by atoms with Crippen LogP contribution in [0.1, 0.15) is 53.2 Å². The van der Waals surface area contributed by atoms with Gasteiger partial charge in [-0.2, -0.15) is 0 Å². The summed E-state index contributed by atoms with van der Waals surface area (Å²) in [6, 6.07) is 16.9. The summed E-state index contributed by atoms with van der Waals surface area (Å²) in [5.41, 5.74) is 4.31. The summed E-state index contributed by atoms with van der Waals surface area (Å²) in [6.45, 7) is 10.1. The van der Waals surface area contributed by atoms with Crippen molar-refractivity contribution in [2.45, 2.75) is 39.7 Å². The molecule has 3 aromatic rings. The number of benzene rings is 2. The van der Waals surface area contributed by atoms with Crippen molar-refractivity contribution in [3.63, 3.8) is 0 Å². The van der Waals surface area contributed by atoms with Crippen LogP contribution in [0.4, 0.5) is 21.9 Å². The topological polar surface area (TPSA) is 119 Å². The van der Waals surface area contributed by atoms with E-state index in [1.54, 1.807) is 24.3 Å². The van der Waals surface area contributed by atoms with Crippen LogP contribution in [0.15, 0.2) is 65.3 Å². The maximum Gasteiger partial charge on any atom is 0.314 e. The molecular weight excluding hydrogens is 520 g/mol. The minimum atomic E-state index is -0.380. The lowest BCUT2D eigenvalue weighted by Gasteiger charge is -2.38. The van der Waals surface area contributed by atoms with Gasteiger partial charge < -0.3 is 35.5 Å². The Morgan fingerprint density at radius 2 is 1.59 bits per heavy atom. The molecule has 10 heteroatoms. The number of rotatable bonds is 11. The summed E-state index contributed by atoms with van der Waals surface area (Å²) in [6.07, 6.45) is 2.90. The van der Waals surface area contributed by atoms with E-state index in [4.69, 9.17) is 4.42 Å². The van der Waals surface area contributed by atoms with Gasteiger partial charge in [-0.1, -0.05) is 25.1 Å². The first-order chi connectivity index (χ1) is 19.9. The SMILES string of the molecule is CCC(C)NC(=O)NCCCNC(=O)c1ccc(N2CCN(c3ccccc3C)CC2)c(NC(=O)c2ccco2)c1. The number of hydrogen-bond donors (Lipinski definition) is 4. The van der Waals surface area contributed by atoms with Gasteiger partial charge in [0.15, 0.2) is 5.76 Å². The molecule has 2 aromatic carbocycles. The van der Waals surface area contributed by atoms with Gasteiger partial charge in [0.05, 0.1) is 17.6 Å². The standard InChI is InChI=1S/C31H40N6O4/c1-4-23(3)34-31(40)33-15-8-14-32-29(38)24-12-13-27(25(21-24)35-30(39)28-11-7-20-41-28)37-18-16-36(17-19-37)26-10-6-5-9-22(26)2/h5-7,9-13,20-21,23H,4,8,14-19H2,1-3H3,(H,32,38)(H,35,39)(H2,33,34,40). The molecule has 218 valence electrons. The van der Waals surface area contributed by atoms with E-state index in [9.17, 15) is 14.4 Å². The first-order valence-electron chi connectivity index (χ1n) is 14.2. The third-order valence-electron chi connectivity index (χ3n) is 7.24. The highest BCUT2D eigenvalue weighted by Gasteiger charge is 2.23. The van der Waals surface area contributed by atoms with E-state index in [1.807, 2.05) is 26.0 Å². The summed E-state index contributed by atoms with van der Waals surface area (Å²) in [4.78, 5) is 42.3. The molecule has 0 radical (unpaired) electrons. The molecule has 4 N–H and O–H groups in total. The Balaban J connectivity index is 1.40. The highest BCUT2D eigenvalue weighted by atomic mass is 16.3. The molecule has 1 atom stereocenters. The molecule has 1 aliphatic heterocycles. The summed E-state index contributed by atoms with van der Waals surface area (Å²) in [5.74, 6) is -0.437. The van der Waals surface area contributed by atoms with Crippen LogP contribution in [-0.4, -0.2) is 63.2 Å². The third kappa shape index (κ3) is 8.03. The molecule has 1 fully saturated rings. The zero-order chi connectivity index (χ0) is 29.2. The van der Waals surface area contributed by atoms with Crippen LogP contribution < -0.4 is 31.1 Å². The number of urea groups is 1. The number of piperazine rings is 1. The van der Waals surface area contributed by atoms with E-state index < -0.39 is 0 Å². The van der Waals surface area contributed by atoms with Crippen molar-refractivity contribution in [2.24, 2.45) is 0 Å².